The maximum atomic E-state index is 13.8. The molecule has 4 aliphatic rings. The van der Waals surface area contributed by atoms with Gasteiger partial charge in [0.2, 0.25) is 11.8 Å². The van der Waals surface area contributed by atoms with E-state index in [9.17, 15) is 29.4 Å². The normalized spacial score (nSPS) is 26.3. The summed E-state index contributed by atoms with van der Waals surface area (Å²) < 4.78 is 0. The molecular weight excluding hydrogens is 494 g/mol. The second-order valence-corrected chi connectivity index (χ2v) is 11.0. The fraction of sp³-hybridized carbons (Fsp3) is 0.312. The summed E-state index contributed by atoms with van der Waals surface area (Å²) in [4.78, 5) is 55.3. The summed E-state index contributed by atoms with van der Waals surface area (Å²) in [6, 6.07) is 12.0. The van der Waals surface area contributed by atoms with E-state index in [-0.39, 0.29) is 47.8 Å². The first-order valence-corrected chi connectivity index (χ1v) is 13.3. The molecule has 3 aliphatic carbocycles. The Morgan fingerprint density at radius 2 is 1.67 bits per heavy atom. The minimum Gasteiger partial charge on any atom is -0.508 e. The molecule has 0 saturated carbocycles. The number of benzene rings is 2. The predicted octanol–water partition coefficient (Wildman–Crippen LogP) is 4.08. The van der Waals surface area contributed by atoms with Crippen LogP contribution in [0.5, 0.6) is 11.5 Å². The Morgan fingerprint density at radius 3 is 2.41 bits per heavy atom. The van der Waals surface area contributed by atoms with Gasteiger partial charge >= 0.3 is 0 Å². The molecule has 1 fully saturated rings. The van der Waals surface area contributed by atoms with E-state index in [1.54, 1.807) is 50.2 Å². The van der Waals surface area contributed by atoms with Crippen molar-refractivity contribution < 1.29 is 29.4 Å². The molecule has 6 rings (SSSR count). The van der Waals surface area contributed by atoms with E-state index in [4.69, 9.17) is 0 Å². The lowest BCUT2D eigenvalue weighted by molar-refractivity contribution is -0.140. The van der Waals surface area contributed by atoms with Crippen molar-refractivity contribution in [1.29, 1.82) is 0 Å². The van der Waals surface area contributed by atoms with Gasteiger partial charge in [-0.15, -0.1) is 0 Å². The average molecular weight is 524 g/mol. The molecule has 2 aromatic carbocycles. The molecule has 2 amide bonds. The minimum absolute atomic E-state index is 0.0647. The van der Waals surface area contributed by atoms with Crippen molar-refractivity contribution in [1.82, 2.24) is 4.90 Å². The number of allylic oxidation sites excluding steroid dienone is 6. The van der Waals surface area contributed by atoms with E-state index >= 15 is 0 Å². The van der Waals surface area contributed by atoms with Crippen LogP contribution < -0.4 is 0 Å². The van der Waals surface area contributed by atoms with Gasteiger partial charge in [-0.3, -0.25) is 24.1 Å². The number of rotatable bonds is 4. The van der Waals surface area contributed by atoms with Crippen molar-refractivity contribution in [2.24, 2.45) is 17.8 Å². The molecule has 4 unspecified atom stereocenters. The van der Waals surface area contributed by atoms with Crippen LogP contribution in [0.15, 0.2) is 76.9 Å². The Kier molecular flexibility index (Phi) is 5.90. The number of aryl methyl sites for hydroxylation is 1. The van der Waals surface area contributed by atoms with Crippen LogP contribution in [-0.2, 0) is 25.6 Å². The number of para-hydroxylation sites is 1. The molecule has 2 N–H and O–H groups in total. The van der Waals surface area contributed by atoms with Gasteiger partial charge in [0.25, 0.3) is 0 Å². The van der Waals surface area contributed by atoms with Crippen LogP contribution in [0, 0.1) is 24.7 Å². The number of imide groups is 1. The molecule has 2 aromatic rings. The van der Waals surface area contributed by atoms with Gasteiger partial charge in [0, 0.05) is 34.7 Å². The maximum absolute atomic E-state index is 13.8. The second-order valence-electron chi connectivity index (χ2n) is 11.0. The molecule has 198 valence electrons. The van der Waals surface area contributed by atoms with Crippen molar-refractivity contribution >= 4 is 23.4 Å². The van der Waals surface area contributed by atoms with Crippen molar-refractivity contribution in [3.05, 3.63) is 93.6 Å². The lowest BCUT2D eigenvalue weighted by atomic mass is 9.59. The molecular formula is C32H29NO6. The number of phenols is 2. The SMILES string of the molecule is CC1=CC(=O)C2=C(C1=O)C(c1cccc(C)c1O)C1=CCC3C(=O)N(CCc4ccc(O)cc4)C(=O)C3C1C2. The Hall–Kier alpha value is -4.26. The van der Waals surface area contributed by atoms with E-state index in [2.05, 4.69) is 0 Å². The molecule has 1 aliphatic heterocycles. The zero-order valence-corrected chi connectivity index (χ0v) is 21.8. The van der Waals surface area contributed by atoms with Crippen molar-refractivity contribution in [2.75, 3.05) is 6.54 Å². The molecule has 0 bridgehead atoms. The number of ketones is 2. The number of aromatic hydroxyl groups is 2. The van der Waals surface area contributed by atoms with Crippen molar-refractivity contribution in [2.45, 2.75) is 39.0 Å². The zero-order valence-electron chi connectivity index (χ0n) is 21.8. The first-order valence-electron chi connectivity index (χ1n) is 13.3. The lowest BCUT2D eigenvalue weighted by Gasteiger charge is -2.42. The summed E-state index contributed by atoms with van der Waals surface area (Å²) in [5, 5.41) is 20.6. The molecule has 39 heavy (non-hydrogen) atoms. The quantitative estimate of drug-likeness (QED) is 0.355. The van der Waals surface area contributed by atoms with Crippen LogP contribution in [0.4, 0.5) is 0 Å². The van der Waals surface area contributed by atoms with Gasteiger partial charge in [0.05, 0.1) is 11.8 Å². The molecule has 7 heteroatoms. The monoisotopic (exact) mass is 523 g/mol. The minimum atomic E-state index is -0.659. The molecule has 7 nitrogen and oxygen atoms in total. The van der Waals surface area contributed by atoms with Crippen molar-refractivity contribution in [3.63, 3.8) is 0 Å². The maximum Gasteiger partial charge on any atom is 0.233 e. The average Bonchev–Trinajstić information content (AvgIpc) is 3.16. The van der Waals surface area contributed by atoms with E-state index in [0.29, 0.717) is 40.7 Å². The first kappa shape index (κ1) is 25.0. The van der Waals surface area contributed by atoms with Crippen LogP contribution in [0.25, 0.3) is 0 Å². The van der Waals surface area contributed by atoms with E-state index in [1.165, 1.54) is 11.0 Å². The van der Waals surface area contributed by atoms with Gasteiger partial charge < -0.3 is 10.2 Å². The predicted molar refractivity (Wildman–Crippen MR) is 143 cm³/mol. The van der Waals surface area contributed by atoms with Crippen molar-refractivity contribution in [3.8, 4) is 11.5 Å². The Labute approximate surface area is 226 Å². The van der Waals surface area contributed by atoms with E-state index < -0.39 is 23.7 Å². The number of carbonyl (C=O) groups is 4. The standard InChI is InChI=1S/C32H29NO6/c1-16-4-3-5-21(29(16)36)26-20-10-11-22-27(23(20)15-24-25(35)14-17(2)30(37)28(24)26)32(39)33(31(22)38)13-12-18-6-8-19(34)9-7-18/h3-10,14,22-23,26-27,34,36H,11-13,15H2,1-2H3. The number of hydrogen-bond acceptors (Lipinski definition) is 6. The largest absolute Gasteiger partial charge is 0.508 e. The van der Waals surface area contributed by atoms with E-state index in [1.807, 2.05) is 12.1 Å². The highest BCUT2D eigenvalue weighted by molar-refractivity contribution is 6.24. The van der Waals surface area contributed by atoms with Crippen LogP contribution in [0.3, 0.4) is 0 Å². The van der Waals surface area contributed by atoms with E-state index in [0.717, 1.165) is 11.1 Å². The Balaban J connectivity index is 1.39. The number of likely N-dealkylation sites (tertiary alicyclic amines) is 1. The van der Waals surface area contributed by atoms with Gasteiger partial charge in [-0.2, -0.15) is 0 Å². The Bertz CT molecular complexity index is 1540. The van der Waals surface area contributed by atoms with Gasteiger partial charge in [-0.1, -0.05) is 42.0 Å². The lowest BCUT2D eigenvalue weighted by Crippen LogP contribution is -2.40. The summed E-state index contributed by atoms with van der Waals surface area (Å²) >= 11 is 0. The number of carbonyl (C=O) groups excluding carboxylic acids is 4. The third kappa shape index (κ3) is 3.87. The smallest absolute Gasteiger partial charge is 0.233 e. The third-order valence-corrected chi connectivity index (χ3v) is 8.80. The zero-order chi connectivity index (χ0) is 27.6. The van der Waals surface area contributed by atoms with Gasteiger partial charge in [0.1, 0.15) is 11.5 Å². The van der Waals surface area contributed by atoms with Gasteiger partial charge in [0.15, 0.2) is 11.6 Å². The summed E-state index contributed by atoms with van der Waals surface area (Å²) in [6.07, 6.45) is 4.36. The highest BCUT2D eigenvalue weighted by Crippen LogP contribution is 2.56. The van der Waals surface area contributed by atoms with Crippen LogP contribution in [0.2, 0.25) is 0 Å². The number of Topliss-reactive ketones (excluding diaryl/α,β-unsaturated/α-hetero) is 1. The highest BCUT2D eigenvalue weighted by Gasteiger charge is 2.56. The topological polar surface area (TPSA) is 112 Å². The summed E-state index contributed by atoms with van der Waals surface area (Å²) in [7, 11) is 0. The Morgan fingerprint density at radius 1 is 0.923 bits per heavy atom. The molecule has 1 heterocycles. The number of amides is 2. The fourth-order valence-corrected chi connectivity index (χ4v) is 6.82. The second kappa shape index (κ2) is 9.19. The van der Waals surface area contributed by atoms with Crippen LogP contribution >= 0.6 is 0 Å². The number of fused-ring (bicyclic) bond motifs is 3. The number of hydrogen-bond donors (Lipinski definition) is 2. The summed E-state index contributed by atoms with van der Waals surface area (Å²) in [5.74, 6) is -2.95. The molecule has 4 atom stereocenters. The fourth-order valence-electron chi connectivity index (χ4n) is 6.82. The van der Waals surface area contributed by atoms with Crippen LogP contribution in [-0.4, -0.2) is 45.0 Å². The van der Waals surface area contributed by atoms with Gasteiger partial charge in [-0.05, 0) is 68.4 Å². The highest BCUT2D eigenvalue weighted by atomic mass is 16.3. The molecule has 0 spiro atoms. The molecule has 0 aromatic heterocycles. The third-order valence-electron chi connectivity index (χ3n) is 8.80. The first-order chi connectivity index (χ1) is 18.7. The number of phenolic OH excluding ortho intramolecular Hbond substituents is 2. The summed E-state index contributed by atoms with van der Waals surface area (Å²) in [5.41, 5.74) is 4.03. The van der Waals surface area contributed by atoms with Crippen LogP contribution in [0.1, 0.15) is 42.4 Å². The summed E-state index contributed by atoms with van der Waals surface area (Å²) in [6.45, 7) is 3.64. The van der Waals surface area contributed by atoms with Gasteiger partial charge in [-0.25, -0.2) is 0 Å². The molecule has 0 radical (unpaired) electrons. The number of nitrogens with zero attached hydrogens (tertiary/aromatic N) is 1. The molecule has 1 saturated heterocycles.